The van der Waals surface area contributed by atoms with Crippen LogP contribution in [0.15, 0.2) is 0 Å². The van der Waals surface area contributed by atoms with Crippen LogP contribution < -0.4 is 0 Å². The molecule has 1 aliphatic heterocycles. The number of carbonyl (C=O) groups excluding carboxylic acids is 1. The number of hydrogen-bond donors (Lipinski definition) is 1. The molecular weight excluding hydrogens is 178 g/mol. The molecule has 1 N–H and O–H groups in total. The molecule has 1 fully saturated rings. The van der Waals surface area contributed by atoms with E-state index in [-0.39, 0.29) is 23.8 Å². The average Bonchev–Trinajstić information content (AvgIpc) is 2.01. The Morgan fingerprint density at radius 1 is 1.75 bits per heavy atom. The number of carbonyl (C=O) groups is 1. The Balaban J connectivity index is 2.28. The summed E-state index contributed by atoms with van der Waals surface area (Å²) in [6.07, 6.45) is 0.667. The molecule has 0 bridgehead atoms. The highest BCUT2D eigenvalue weighted by molar-refractivity contribution is 6.30. The average molecular weight is 192 g/mol. The van der Waals surface area contributed by atoms with Crippen molar-refractivity contribution in [2.24, 2.45) is 5.92 Å². The van der Waals surface area contributed by atoms with Crippen LogP contribution in [0.2, 0.25) is 0 Å². The third-order valence-corrected chi connectivity index (χ3v) is 2.65. The zero-order valence-corrected chi connectivity index (χ0v) is 7.92. The number of aliphatic hydroxyl groups is 1. The summed E-state index contributed by atoms with van der Waals surface area (Å²) in [7, 11) is 0. The molecule has 0 aliphatic carbocycles. The monoisotopic (exact) mass is 191 g/mol. The maximum atomic E-state index is 11.3. The fourth-order valence-corrected chi connectivity index (χ4v) is 1.38. The van der Waals surface area contributed by atoms with Gasteiger partial charge in [0.05, 0.1) is 0 Å². The molecule has 0 aromatic rings. The van der Waals surface area contributed by atoms with Gasteiger partial charge in [-0.15, -0.1) is 11.6 Å². The number of alkyl halides is 1. The molecule has 1 aliphatic rings. The number of hydrogen-bond acceptors (Lipinski definition) is 2. The van der Waals surface area contributed by atoms with E-state index in [1.54, 1.807) is 4.90 Å². The van der Waals surface area contributed by atoms with E-state index in [2.05, 4.69) is 0 Å². The van der Waals surface area contributed by atoms with Gasteiger partial charge in [0.1, 0.15) is 5.38 Å². The van der Waals surface area contributed by atoms with Crippen LogP contribution in [0.4, 0.5) is 0 Å². The molecule has 1 heterocycles. The minimum Gasteiger partial charge on any atom is -0.396 e. The standard InChI is InChI=1S/C8H14ClNO2/c1-2-7(9)8(12)10-3-6(4-10)5-11/h6-7,11H,2-5H2,1H3/t7-/m0/s1. The second-order valence-corrected chi connectivity index (χ2v) is 3.69. The molecule has 1 saturated heterocycles. The molecule has 12 heavy (non-hydrogen) atoms. The van der Waals surface area contributed by atoms with Gasteiger partial charge in [-0.2, -0.15) is 0 Å². The highest BCUT2D eigenvalue weighted by Crippen LogP contribution is 2.18. The lowest BCUT2D eigenvalue weighted by molar-refractivity contribution is -0.138. The van der Waals surface area contributed by atoms with Crippen molar-refractivity contribution in [3.05, 3.63) is 0 Å². The highest BCUT2D eigenvalue weighted by Gasteiger charge is 2.32. The highest BCUT2D eigenvalue weighted by atomic mass is 35.5. The molecule has 70 valence electrons. The van der Waals surface area contributed by atoms with Crippen molar-refractivity contribution in [2.75, 3.05) is 19.7 Å². The minimum atomic E-state index is -0.385. The summed E-state index contributed by atoms with van der Waals surface area (Å²) < 4.78 is 0. The topological polar surface area (TPSA) is 40.5 Å². The molecule has 0 saturated carbocycles. The maximum absolute atomic E-state index is 11.3. The summed E-state index contributed by atoms with van der Waals surface area (Å²) in [5, 5.41) is 8.33. The third kappa shape index (κ3) is 1.90. The van der Waals surface area contributed by atoms with Crippen molar-refractivity contribution in [2.45, 2.75) is 18.7 Å². The van der Waals surface area contributed by atoms with Crippen LogP contribution in [-0.4, -0.2) is 41.0 Å². The predicted molar refractivity (Wildman–Crippen MR) is 47.1 cm³/mol. The summed E-state index contributed by atoms with van der Waals surface area (Å²) >= 11 is 5.76. The van der Waals surface area contributed by atoms with Crippen LogP contribution in [0, 0.1) is 5.92 Å². The van der Waals surface area contributed by atoms with E-state index < -0.39 is 0 Å². The normalized spacial score (nSPS) is 20.4. The number of nitrogens with zero attached hydrogens (tertiary/aromatic N) is 1. The van der Waals surface area contributed by atoms with Gasteiger partial charge in [-0.05, 0) is 6.42 Å². The lowest BCUT2D eigenvalue weighted by Gasteiger charge is -2.39. The van der Waals surface area contributed by atoms with Crippen LogP contribution in [0.25, 0.3) is 0 Å². The quantitative estimate of drug-likeness (QED) is 0.659. The fraction of sp³-hybridized carbons (Fsp3) is 0.875. The van der Waals surface area contributed by atoms with E-state index in [4.69, 9.17) is 16.7 Å². The molecule has 0 radical (unpaired) electrons. The minimum absolute atomic E-state index is 0.00358. The molecular formula is C8H14ClNO2. The number of likely N-dealkylation sites (tertiary alicyclic amines) is 1. The van der Waals surface area contributed by atoms with Crippen molar-refractivity contribution >= 4 is 17.5 Å². The molecule has 0 aromatic carbocycles. The van der Waals surface area contributed by atoms with E-state index in [0.717, 1.165) is 0 Å². The molecule has 0 aromatic heterocycles. The van der Waals surface area contributed by atoms with E-state index in [1.165, 1.54) is 0 Å². The molecule has 1 rings (SSSR count). The molecule has 1 atom stereocenters. The van der Waals surface area contributed by atoms with Gasteiger partial charge >= 0.3 is 0 Å². The van der Waals surface area contributed by atoms with Crippen LogP contribution in [0.1, 0.15) is 13.3 Å². The van der Waals surface area contributed by atoms with Crippen LogP contribution in [0.3, 0.4) is 0 Å². The van der Waals surface area contributed by atoms with Gasteiger partial charge in [0.15, 0.2) is 0 Å². The zero-order chi connectivity index (χ0) is 9.14. The summed E-state index contributed by atoms with van der Waals surface area (Å²) in [6.45, 7) is 3.39. The van der Waals surface area contributed by atoms with Gasteiger partial charge in [-0.3, -0.25) is 4.79 Å². The Labute approximate surface area is 77.3 Å². The van der Waals surface area contributed by atoms with Crippen LogP contribution in [0.5, 0.6) is 0 Å². The Bertz CT molecular complexity index is 168. The van der Waals surface area contributed by atoms with Gasteiger partial charge in [-0.25, -0.2) is 0 Å². The SMILES string of the molecule is CC[C@H](Cl)C(=O)N1CC(CO)C1. The summed E-state index contributed by atoms with van der Waals surface area (Å²) in [4.78, 5) is 13.0. The first-order valence-electron chi connectivity index (χ1n) is 4.22. The van der Waals surface area contributed by atoms with Gasteiger partial charge < -0.3 is 10.0 Å². The Kier molecular flexibility index (Phi) is 3.35. The summed E-state index contributed by atoms with van der Waals surface area (Å²) in [5.41, 5.74) is 0. The lowest BCUT2D eigenvalue weighted by Crippen LogP contribution is -2.53. The van der Waals surface area contributed by atoms with E-state index in [1.807, 2.05) is 6.92 Å². The van der Waals surface area contributed by atoms with Crippen molar-refractivity contribution in [1.29, 1.82) is 0 Å². The molecule has 0 unspecified atom stereocenters. The zero-order valence-electron chi connectivity index (χ0n) is 7.16. The van der Waals surface area contributed by atoms with Crippen molar-refractivity contribution in [3.8, 4) is 0 Å². The first-order valence-corrected chi connectivity index (χ1v) is 4.66. The van der Waals surface area contributed by atoms with Crippen molar-refractivity contribution in [1.82, 2.24) is 4.90 Å². The Hall–Kier alpha value is -0.280. The van der Waals surface area contributed by atoms with Gasteiger partial charge in [0.25, 0.3) is 0 Å². The number of halogens is 1. The largest absolute Gasteiger partial charge is 0.396 e. The maximum Gasteiger partial charge on any atom is 0.240 e. The second kappa shape index (κ2) is 4.10. The predicted octanol–water partition coefficient (Wildman–Crippen LogP) is 0.454. The first-order chi connectivity index (χ1) is 5.69. The van der Waals surface area contributed by atoms with E-state index in [0.29, 0.717) is 19.5 Å². The van der Waals surface area contributed by atoms with Crippen molar-refractivity contribution in [3.63, 3.8) is 0 Å². The van der Waals surface area contributed by atoms with Crippen LogP contribution >= 0.6 is 11.6 Å². The van der Waals surface area contributed by atoms with E-state index >= 15 is 0 Å². The second-order valence-electron chi connectivity index (χ2n) is 3.17. The third-order valence-electron chi connectivity index (χ3n) is 2.15. The molecule has 1 amide bonds. The van der Waals surface area contributed by atoms with Gasteiger partial charge in [0, 0.05) is 25.6 Å². The van der Waals surface area contributed by atoms with E-state index in [9.17, 15) is 4.79 Å². The number of rotatable bonds is 3. The molecule has 0 spiro atoms. The van der Waals surface area contributed by atoms with Crippen molar-refractivity contribution < 1.29 is 9.90 Å². The van der Waals surface area contributed by atoms with Gasteiger partial charge in [-0.1, -0.05) is 6.92 Å². The Morgan fingerprint density at radius 3 is 2.75 bits per heavy atom. The number of aliphatic hydroxyl groups excluding tert-OH is 1. The van der Waals surface area contributed by atoms with Gasteiger partial charge in [0.2, 0.25) is 5.91 Å². The Morgan fingerprint density at radius 2 is 2.33 bits per heavy atom. The first kappa shape index (κ1) is 9.81. The smallest absolute Gasteiger partial charge is 0.240 e. The number of amides is 1. The fourth-order valence-electron chi connectivity index (χ4n) is 1.24. The molecule has 3 nitrogen and oxygen atoms in total. The lowest BCUT2D eigenvalue weighted by atomic mass is 10.0. The summed E-state index contributed by atoms with van der Waals surface area (Å²) in [6, 6.07) is 0. The summed E-state index contributed by atoms with van der Waals surface area (Å²) in [5.74, 6) is 0.276. The molecule has 4 heteroatoms. The van der Waals surface area contributed by atoms with Crippen LogP contribution in [-0.2, 0) is 4.79 Å².